The Morgan fingerprint density at radius 2 is 2.00 bits per heavy atom. The first-order valence-corrected chi connectivity index (χ1v) is 6.66. The van der Waals surface area contributed by atoms with E-state index in [9.17, 15) is 4.39 Å². The van der Waals surface area contributed by atoms with Gasteiger partial charge in [-0.05, 0) is 37.1 Å². The number of aromatic nitrogens is 1. The van der Waals surface area contributed by atoms with Crippen molar-refractivity contribution in [3.63, 3.8) is 0 Å². The van der Waals surface area contributed by atoms with Crippen LogP contribution in [-0.2, 0) is 0 Å². The normalized spacial score (nSPS) is 12.4. The summed E-state index contributed by atoms with van der Waals surface area (Å²) in [6.07, 6.45) is 3.96. The first kappa shape index (κ1) is 13.7. The maximum atomic E-state index is 13.9. The van der Waals surface area contributed by atoms with Crippen LogP contribution < -0.4 is 5.32 Å². The summed E-state index contributed by atoms with van der Waals surface area (Å²) in [6, 6.07) is 9.85. The summed E-state index contributed by atoms with van der Waals surface area (Å²) >= 11 is 0. The molecule has 2 aromatic rings. The second kappa shape index (κ2) is 6.43. The smallest absolute Gasteiger partial charge is 0.149 e. The lowest BCUT2D eigenvalue weighted by Gasteiger charge is -2.18. The van der Waals surface area contributed by atoms with Gasteiger partial charge in [-0.3, -0.25) is 4.98 Å². The predicted molar refractivity (Wildman–Crippen MR) is 76.3 cm³/mol. The van der Waals surface area contributed by atoms with Crippen LogP contribution in [0.4, 0.5) is 4.39 Å². The van der Waals surface area contributed by atoms with Gasteiger partial charge in [0.25, 0.3) is 0 Å². The van der Waals surface area contributed by atoms with Crippen molar-refractivity contribution in [1.82, 2.24) is 10.3 Å². The third-order valence-corrected chi connectivity index (χ3v) is 3.19. The summed E-state index contributed by atoms with van der Waals surface area (Å²) in [5, 5.41) is 3.44. The average Bonchev–Trinajstić information content (AvgIpc) is 2.45. The number of hydrogen-bond acceptors (Lipinski definition) is 2. The molecule has 0 radical (unpaired) electrons. The van der Waals surface area contributed by atoms with Gasteiger partial charge in [-0.25, -0.2) is 4.39 Å². The zero-order chi connectivity index (χ0) is 13.7. The molecule has 1 heterocycles. The van der Waals surface area contributed by atoms with Gasteiger partial charge < -0.3 is 5.32 Å². The summed E-state index contributed by atoms with van der Waals surface area (Å²) in [7, 11) is 0. The van der Waals surface area contributed by atoms with E-state index in [4.69, 9.17) is 0 Å². The maximum absolute atomic E-state index is 13.9. The van der Waals surface area contributed by atoms with Gasteiger partial charge in [0, 0.05) is 17.8 Å². The molecule has 1 aromatic heterocycles. The maximum Gasteiger partial charge on any atom is 0.149 e. The largest absolute Gasteiger partial charge is 0.310 e. The standard InChI is InChI=1S/C16H19FN2/c1-3-9-19-12(2)13-6-4-5-7-14(13)15-8-10-18-11-16(15)17/h4-8,10-12,19H,3,9H2,1-2H3. The van der Waals surface area contributed by atoms with Crippen molar-refractivity contribution in [2.45, 2.75) is 26.3 Å². The van der Waals surface area contributed by atoms with Crippen molar-refractivity contribution in [3.05, 3.63) is 54.1 Å². The Labute approximate surface area is 113 Å². The summed E-state index contributed by atoms with van der Waals surface area (Å²) in [6.45, 7) is 5.19. The Kier molecular flexibility index (Phi) is 4.63. The fraction of sp³-hybridized carbons (Fsp3) is 0.312. The Hall–Kier alpha value is -1.74. The van der Waals surface area contributed by atoms with E-state index in [0.29, 0.717) is 5.56 Å². The highest BCUT2D eigenvalue weighted by Gasteiger charge is 2.13. The van der Waals surface area contributed by atoms with Gasteiger partial charge in [0.05, 0.1) is 6.20 Å². The second-order valence-corrected chi connectivity index (χ2v) is 4.62. The molecule has 0 aliphatic rings. The Bertz CT molecular complexity index is 540. The molecule has 1 aromatic carbocycles. The third kappa shape index (κ3) is 3.18. The number of benzene rings is 1. The number of hydrogen-bond donors (Lipinski definition) is 1. The lowest BCUT2D eigenvalue weighted by molar-refractivity contribution is 0.571. The molecule has 1 N–H and O–H groups in total. The van der Waals surface area contributed by atoms with Gasteiger partial charge in [-0.2, -0.15) is 0 Å². The molecule has 1 unspecified atom stereocenters. The van der Waals surface area contributed by atoms with E-state index in [2.05, 4.69) is 24.1 Å². The van der Waals surface area contributed by atoms with Crippen LogP contribution in [0.15, 0.2) is 42.7 Å². The van der Waals surface area contributed by atoms with Crippen molar-refractivity contribution in [3.8, 4) is 11.1 Å². The highest BCUT2D eigenvalue weighted by atomic mass is 19.1. The van der Waals surface area contributed by atoms with Crippen LogP contribution in [0, 0.1) is 5.82 Å². The minimum absolute atomic E-state index is 0.198. The molecular weight excluding hydrogens is 239 g/mol. The zero-order valence-corrected chi connectivity index (χ0v) is 11.4. The Morgan fingerprint density at radius 1 is 1.21 bits per heavy atom. The number of rotatable bonds is 5. The Morgan fingerprint density at radius 3 is 2.74 bits per heavy atom. The topological polar surface area (TPSA) is 24.9 Å². The molecule has 0 aliphatic heterocycles. The van der Waals surface area contributed by atoms with Crippen molar-refractivity contribution >= 4 is 0 Å². The summed E-state index contributed by atoms with van der Waals surface area (Å²) in [5.74, 6) is -0.280. The lowest BCUT2D eigenvalue weighted by atomic mass is 9.96. The van der Waals surface area contributed by atoms with Crippen LogP contribution in [0.2, 0.25) is 0 Å². The van der Waals surface area contributed by atoms with Gasteiger partial charge in [0.15, 0.2) is 0 Å². The number of pyridine rings is 1. The van der Waals surface area contributed by atoms with E-state index in [1.54, 1.807) is 12.3 Å². The highest BCUT2D eigenvalue weighted by molar-refractivity contribution is 5.68. The van der Waals surface area contributed by atoms with E-state index < -0.39 is 0 Å². The number of nitrogens with zero attached hydrogens (tertiary/aromatic N) is 1. The lowest BCUT2D eigenvalue weighted by Crippen LogP contribution is -2.19. The average molecular weight is 258 g/mol. The molecule has 0 amide bonds. The molecule has 0 bridgehead atoms. The summed E-state index contributed by atoms with van der Waals surface area (Å²) in [4.78, 5) is 3.80. The van der Waals surface area contributed by atoms with E-state index >= 15 is 0 Å². The van der Waals surface area contributed by atoms with Gasteiger partial charge in [-0.15, -0.1) is 0 Å². The van der Waals surface area contributed by atoms with Crippen molar-refractivity contribution in [2.24, 2.45) is 0 Å². The number of nitrogens with one attached hydrogen (secondary N) is 1. The van der Waals surface area contributed by atoms with E-state index in [1.807, 2.05) is 24.3 Å². The molecule has 3 heteroatoms. The van der Waals surface area contributed by atoms with Crippen molar-refractivity contribution in [1.29, 1.82) is 0 Å². The molecule has 2 nitrogen and oxygen atoms in total. The highest BCUT2D eigenvalue weighted by Crippen LogP contribution is 2.29. The Balaban J connectivity index is 2.39. The van der Waals surface area contributed by atoms with Gasteiger partial charge in [-0.1, -0.05) is 31.2 Å². The summed E-state index contributed by atoms with van der Waals surface area (Å²) < 4.78 is 13.9. The van der Waals surface area contributed by atoms with Crippen LogP contribution in [0.5, 0.6) is 0 Å². The molecule has 0 fully saturated rings. The molecule has 100 valence electrons. The second-order valence-electron chi connectivity index (χ2n) is 4.62. The molecule has 0 aliphatic carbocycles. The third-order valence-electron chi connectivity index (χ3n) is 3.19. The fourth-order valence-electron chi connectivity index (χ4n) is 2.18. The molecule has 1 atom stereocenters. The summed E-state index contributed by atoms with van der Waals surface area (Å²) in [5.41, 5.74) is 2.65. The molecule has 2 rings (SSSR count). The van der Waals surface area contributed by atoms with Gasteiger partial charge in [0.2, 0.25) is 0 Å². The van der Waals surface area contributed by atoms with Crippen molar-refractivity contribution < 1.29 is 4.39 Å². The molecule has 0 saturated heterocycles. The SMILES string of the molecule is CCCNC(C)c1ccccc1-c1ccncc1F. The quantitative estimate of drug-likeness (QED) is 0.878. The molecule has 0 spiro atoms. The fourth-order valence-corrected chi connectivity index (χ4v) is 2.18. The molecular formula is C16H19FN2. The van der Waals surface area contributed by atoms with Gasteiger partial charge >= 0.3 is 0 Å². The predicted octanol–water partition coefficient (Wildman–Crippen LogP) is 3.95. The molecule has 19 heavy (non-hydrogen) atoms. The van der Waals surface area contributed by atoms with Crippen LogP contribution in [-0.4, -0.2) is 11.5 Å². The zero-order valence-electron chi connectivity index (χ0n) is 11.4. The minimum atomic E-state index is -0.280. The van der Waals surface area contributed by atoms with Crippen LogP contribution in [0.1, 0.15) is 31.9 Å². The monoisotopic (exact) mass is 258 g/mol. The van der Waals surface area contributed by atoms with Crippen molar-refractivity contribution in [2.75, 3.05) is 6.54 Å². The van der Waals surface area contributed by atoms with Crippen LogP contribution in [0.3, 0.4) is 0 Å². The van der Waals surface area contributed by atoms with Crippen LogP contribution in [0.25, 0.3) is 11.1 Å². The van der Waals surface area contributed by atoms with E-state index in [-0.39, 0.29) is 11.9 Å². The van der Waals surface area contributed by atoms with E-state index in [1.165, 1.54) is 6.20 Å². The van der Waals surface area contributed by atoms with Crippen LogP contribution >= 0.6 is 0 Å². The van der Waals surface area contributed by atoms with Gasteiger partial charge in [0.1, 0.15) is 5.82 Å². The first-order valence-electron chi connectivity index (χ1n) is 6.66. The minimum Gasteiger partial charge on any atom is -0.310 e. The van der Waals surface area contributed by atoms with E-state index in [0.717, 1.165) is 24.1 Å². The first-order chi connectivity index (χ1) is 9.24. The number of halogens is 1. The molecule has 0 saturated carbocycles.